The standard InChI is InChI=1S/C13H29N3/c1-6-9-10-12(7-2)11-15-13(14-8-3)16(4)5/h12H,6-11H2,1-5H3,(H,14,15). The summed E-state index contributed by atoms with van der Waals surface area (Å²) in [6.45, 7) is 8.51. The van der Waals surface area contributed by atoms with Crippen molar-refractivity contribution in [2.24, 2.45) is 10.9 Å². The van der Waals surface area contributed by atoms with Crippen molar-refractivity contribution in [3.8, 4) is 0 Å². The van der Waals surface area contributed by atoms with Gasteiger partial charge in [0.1, 0.15) is 0 Å². The Morgan fingerprint density at radius 1 is 1.25 bits per heavy atom. The molecule has 0 radical (unpaired) electrons. The average molecular weight is 227 g/mol. The predicted octanol–water partition coefficient (Wildman–Crippen LogP) is 2.73. The lowest BCUT2D eigenvalue weighted by atomic mass is 10.00. The molecule has 0 aromatic heterocycles. The Morgan fingerprint density at radius 2 is 1.94 bits per heavy atom. The summed E-state index contributed by atoms with van der Waals surface area (Å²) < 4.78 is 0. The van der Waals surface area contributed by atoms with Crippen LogP contribution in [0.4, 0.5) is 0 Å². The van der Waals surface area contributed by atoms with E-state index in [1.165, 1.54) is 25.7 Å². The number of rotatable bonds is 7. The molecule has 0 aliphatic heterocycles. The average Bonchev–Trinajstić information content (AvgIpc) is 2.27. The summed E-state index contributed by atoms with van der Waals surface area (Å²) in [7, 11) is 4.07. The van der Waals surface area contributed by atoms with Crippen molar-refractivity contribution < 1.29 is 0 Å². The van der Waals surface area contributed by atoms with E-state index in [0.717, 1.165) is 25.0 Å². The molecule has 0 saturated carbocycles. The Morgan fingerprint density at radius 3 is 2.38 bits per heavy atom. The van der Waals surface area contributed by atoms with Crippen LogP contribution in [0.2, 0.25) is 0 Å². The highest BCUT2D eigenvalue weighted by molar-refractivity contribution is 5.79. The Hall–Kier alpha value is -0.730. The van der Waals surface area contributed by atoms with E-state index >= 15 is 0 Å². The number of nitrogens with zero attached hydrogens (tertiary/aromatic N) is 2. The molecular weight excluding hydrogens is 198 g/mol. The molecule has 0 aromatic rings. The van der Waals surface area contributed by atoms with Crippen molar-refractivity contribution in [3.63, 3.8) is 0 Å². The van der Waals surface area contributed by atoms with Crippen LogP contribution < -0.4 is 5.32 Å². The molecule has 0 amide bonds. The summed E-state index contributed by atoms with van der Waals surface area (Å²) in [5, 5.41) is 3.29. The first-order valence-corrected chi connectivity index (χ1v) is 6.61. The second kappa shape index (κ2) is 9.49. The van der Waals surface area contributed by atoms with Crippen LogP contribution in [0.3, 0.4) is 0 Å². The molecule has 1 atom stereocenters. The van der Waals surface area contributed by atoms with E-state index in [4.69, 9.17) is 0 Å². The lowest BCUT2D eigenvalue weighted by Gasteiger charge is -2.18. The first-order valence-electron chi connectivity index (χ1n) is 6.61. The third-order valence-corrected chi connectivity index (χ3v) is 2.80. The minimum atomic E-state index is 0.744. The predicted molar refractivity (Wildman–Crippen MR) is 73.0 cm³/mol. The number of hydrogen-bond donors (Lipinski definition) is 1. The maximum atomic E-state index is 4.67. The lowest BCUT2D eigenvalue weighted by Crippen LogP contribution is -2.36. The minimum Gasteiger partial charge on any atom is -0.357 e. The molecule has 0 spiro atoms. The smallest absolute Gasteiger partial charge is 0.193 e. The first kappa shape index (κ1) is 15.3. The van der Waals surface area contributed by atoms with E-state index in [2.05, 4.69) is 36.0 Å². The van der Waals surface area contributed by atoms with Gasteiger partial charge in [0.2, 0.25) is 0 Å². The van der Waals surface area contributed by atoms with Gasteiger partial charge in [-0.15, -0.1) is 0 Å². The topological polar surface area (TPSA) is 27.6 Å². The Bertz CT molecular complexity index is 188. The van der Waals surface area contributed by atoms with E-state index in [1.807, 2.05) is 14.1 Å². The number of hydrogen-bond acceptors (Lipinski definition) is 1. The fourth-order valence-corrected chi connectivity index (χ4v) is 1.65. The van der Waals surface area contributed by atoms with Gasteiger partial charge in [-0.05, 0) is 19.3 Å². The van der Waals surface area contributed by atoms with Crippen molar-refractivity contribution in [1.82, 2.24) is 10.2 Å². The van der Waals surface area contributed by atoms with Gasteiger partial charge in [0.15, 0.2) is 5.96 Å². The summed E-state index contributed by atoms with van der Waals surface area (Å²) >= 11 is 0. The number of nitrogens with one attached hydrogen (secondary N) is 1. The Labute approximate surface area is 101 Å². The van der Waals surface area contributed by atoms with Gasteiger partial charge in [-0.1, -0.05) is 33.1 Å². The summed E-state index contributed by atoms with van der Waals surface area (Å²) in [4.78, 5) is 6.72. The van der Waals surface area contributed by atoms with Gasteiger partial charge in [-0.2, -0.15) is 0 Å². The normalized spacial score (nSPS) is 13.7. The maximum Gasteiger partial charge on any atom is 0.193 e. The second-order valence-corrected chi connectivity index (χ2v) is 4.51. The molecule has 1 N–H and O–H groups in total. The van der Waals surface area contributed by atoms with Gasteiger partial charge >= 0.3 is 0 Å². The van der Waals surface area contributed by atoms with Crippen LogP contribution in [0.5, 0.6) is 0 Å². The molecule has 3 nitrogen and oxygen atoms in total. The maximum absolute atomic E-state index is 4.67. The molecule has 0 bridgehead atoms. The van der Waals surface area contributed by atoms with E-state index in [1.54, 1.807) is 0 Å². The number of unbranched alkanes of at least 4 members (excludes halogenated alkanes) is 1. The molecule has 0 aliphatic carbocycles. The molecule has 3 heteroatoms. The van der Waals surface area contributed by atoms with Crippen molar-refractivity contribution >= 4 is 5.96 Å². The highest BCUT2D eigenvalue weighted by Crippen LogP contribution is 2.12. The molecule has 0 aliphatic rings. The van der Waals surface area contributed by atoms with Crippen LogP contribution in [0, 0.1) is 5.92 Å². The van der Waals surface area contributed by atoms with Crippen LogP contribution in [0.25, 0.3) is 0 Å². The van der Waals surface area contributed by atoms with Crippen molar-refractivity contribution in [3.05, 3.63) is 0 Å². The summed E-state index contributed by atoms with van der Waals surface area (Å²) in [6.07, 6.45) is 5.15. The van der Waals surface area contributed by atoms with Crippen LogP contribution in [-0.4, -0.2) is 38.0 Å². The van der Waals surface area contributed by atoms with Gasteiger partial charge in [0.25, 0.3) is 0 Å². The monoisotopic (exact) mass is 227 g/mol. The zero-order chi connectivity index (χ0) is 12.4. The first-order chi connectivity index (χ1) is 7.65. The molecule has 16 heavy (non-hydrogen) atoms. The fraction of sp³-hybridized carbons (Fsp3) is 0.923. The highest BCUT2D eigenvalue weighted by atomic mass is 15.3. The van der Waals surface area contributed by atoms with Crippen molar-refractivity contribution in [1.29, 1.82) is 0 Å². The van der Waals surface area contributed by atoms with Gasteiger partial charge in [0, 0.05) is 27.2 Å². The quantitative estimate of drug-likeness (QED) is 0.535. The minimum absolute atomic E-state index is 0.744. The largest absolute Gasteiger partial charge is 0.357 e. The van der Waals surface area contributed by atoms with E-state index in [9.17, 15) is 0 Å². The van der Waals surface area contributed by atoms with Gasteiger partial charge < -0.3 is 10.2 Å². The van der Waals surface area contributed by atoms with Crippen LogP contribution >= 0.6 is 0 Å². The second-order valence-electron chi connectivity index (χ2n) is 4.51. The Kier molecular flexibility index (Phi) is 9.06. The van der Waals surface area contributed by atoms with Crippen LogP contribution in [0.15, 0.2) is 4.99 Å². The van der Waals surface area contributed by atoms with Gasteiger partial charge in [-0.3, -0.25) is 4.99 Å². The third-order valence-electron chi connectivity index (χ3n) is 2.80. The van der Waals surface area contributed by atoms with Crippen molar-refractivity contribution in [2.75, 3.05) is 27.2 Å². The SMILES string of the molecule is CCCCC(CC)CN=C(NCC)N(C)C. The Balaban J connectivity index is 4.14. The molecule has 0 fully saturated rings. The van der Waals surface area contributed by atoms with Gasteiger partial charge in [0.05, 0.1) is 0 Å². The van der Waals surface area contributed by atoms with Crippen LogP contribution in [-0.2, 0) is 0 Å². The number of aliphatic imine (C=N–C) groups is 1. The van der Waals surface area contributed by atoms with Crippen LogP contribution in [0.1, 0.15) is 46.5 Å². The fourth-order valence-electron chi connectivity index (χ4n) is 1.65. The molecule has 0 heterocycles. The molecule has 0 rings (SSSR count). The molecular formula is C13H29N3. The third kappa shape index (κ3) is 6.70. The molecule has 96 valence electrons. The summed E-state index contributed by atoms with van der Waals surface area (Å²) in [5.41, 5.74) is 0. The summed E-state index contributed by atoms with van der Waals surface area (Å²) in [5.74, 6) is 1.76. The summed E-state index contributed by atoms with van der Waals surface area (Å²) in [6, 6.07) is 0. The zero-order valence-electron chi connectivity index (χ0n) is 11.7. The molecule has 0 saturated heterocycles. The molecule has 0 aromatic carbocycles. The van der Waals surface area contributed by atoms with Gasteiger partial charge in [-0.25, -0.2) is 0 Å². The van der Waals surface area contributed by atoms with E-state index in [0.29, 0.717) is 0 Å². The van der Waals surface area contributed by atoms with E-state index in [-0.39, 0.29) is 0 Å². The molecule has 1 unspecified atom stereocenters. The van der Waals surface area contributed by atoms with E-state index < -0.39 is 0 Å². The lowest BCUT2D eigenvalue weighted by molar-refractivity contribution is 0.457. The highest BCUT2D eigenvalue weighted by Gasteiger charge is 2.06. The van der Waals surface area contributed by atoms with Crippen molar-refractivity contribution in [2.45, 2.75) is 46.5 Å². The number of guanidine groups is 1. The zero-order valence-corrected chi connectivity index (χ0v) is 11.7.